The van der Waals surface area contributed by atoms with Crippen LogP contribution in [0.5, 0.6) is 0 Å². The molecule has 0 N–H and O–H groups in total. The monoisotopic (exact) mass is 260 g/mol. The molecule has 0 saturated carbocycles. The van der Waals surface area contributed by atoms with Gasteiger partial charge >= 0.3 is 0 Å². The zero-order valence-electron chi connectivity index (χ0n) is 10.8. The van der Waals surface area contributed by atoms with Gasteiger partial charge < -0.3 is 4.74 Å². The topological polar surface area (TPSA) is 9.23 Å². The summed E-state index contributed by atoms with van der Waals surface area (Å²) < 4.78 is 5.61. The summed E-state index contributed by atoms with van der Waals surface area (Å²) in [5.74, 6) is 0. The lowest BCUT2D eigenvalue weighted by molar-refractivity contribution is 0.135. The molecule has 0 spiro atoms. The molecule has 1 atom stereocenters. The predicted molar refractivity (Wildman–Crippen MR) is 81.5 cm³/mol. The Morgan fingerprint density at radius 1 is 1.06 bits per heavy atom. The Balaban J connectivity index is 1.84. The molecule has 2 aromatic rings. The van der Waals surface area contributed by atoms with Crippen LogP contribution in [0.25, 0.3) is 10.8 Å². The van der Waals surface area contributed by atoms with E-state index in [2.05, 4.69) is 62.0 Å². The highest BCUT2D eigenvalue weighted by Gasteiger charge is 1.98. The second-order valence-corrected chi connectivity index (χ2v) is 5.56. The van der Waals surface area contributed by atoms with Crippen molar-refractivity contribution < 1.29 is 4.74 Å². The molecule has 0 amide bonds. The first-order valence-electron chi connectivity index (χ1n) is 6.49. The van der Waals surface area contributed by atoms with Crippen molar-refractivity contribution in [2.75, 3.05) is 13.2 Å². The average Bonchev–Trinajstić information content (AvgIpc) is 2.38. The molecule has 2 heteroatoms. The minimum absolute atomic E-state index is 0.422. The van der Waals surface area contributed by atoms with E-state index >= 15 is 0 Å². The van der Waals surface area contributed by atoms with Crippen LogP contribution in [0.3, 0.4) is 0 Å². The SMILES string of the molecule is CC(S)CCOCCc1ccc2ccccc2c1. The second kappa shape index (κ2) is 6.81. The van der Waals surface area contributed by atoms with Crippen molar-refractivity contribution in [3.05, 3.63) is 48.0 Å². The summed E-state index contributed by atoms with van der Waals surface area (Å²) in [6.45, 7) is 3.69. The van der Waals surface area contributed by atoms with E-state index in [1.165, 1.54) is 16.3 Å². The Morgan fingerprint density at radius 3 is 2.61 bits per heavy atom. The number of hydrogen-bond acceptors (Lipinski definition) is 2. The van der Waals surface area contributed by atoms with Crippen LogP contribution in [-0.4, -0.2) is 18.5 Å². The quantitative estimate of drug-likeness (QED) is 0.607. The van der Waals surface area contributed by atoms with Crippen LogP contribution in [0.2, 0.25) is 0 Å². The molecular weight excluding hydrogens is 240 g/mol. The van der Waals surface area contributed by atoms with Gasteiger partial charge in [0.25, 0.3) is 0 Å². The van der Waals surface area contributed by atoms with Crippen LogP contribution in [-0.2, 0) is 11.2 Å². The number of benzene rings is 2. The summed E-state index contributed by atoms with van der Waals surface area (Å²) >= 11 is 4.33. The smallest absolute Gasteiger partial charge is 0.0506 e. The van der Waals surface area contributed by atoms with Crippen molar-refractivity contribution >= 4 is 23.4 Å². The van der Waals surface area contributed by atoms with Gasteiger partial charge in [0.1, 0.15) is 0 Å². The van der Waals surface area contributed by atoms with Crippen LogP contribution in [0.4, 0.5) is 0 Å². The van der Waals surface area contributed by atoms with E-state index < -0.39 is 0 Å². The number of fused-ring (bicyclic) bond motifs is 1. The van der Waals surface area contributed by atoms with Gasteiger partial charge in [-0.05, 0) is 29.2 Å². The van der Waals surface area contributed by atoms with Gasteiger partial charge in [-0.15, -0.1) is 0 Å². The largest absolute Gasteiger partial charge is 0.381 e. The molecule has 0 aliphatic heterocycles. The minimum Gasteiger partial charge on any atom is -0.381 e. The number of hydrogen-bond donors (Lipinski definition) is 1. The molecule has 2 aromatic carbocycles. The molecule has 0 aliphatic rings. The number of rotatable bonds is 6. The van der Waals surface area contributed by atoms with Crippen molar-refractivity contribution in [3.63, 3.8) is 0 Å². The first-order valence-corrected chi connectivity index (χ1v) is 7.01. The van der Waals surface area contributed by atoms with E-state index in [1.54, 1.807) is 0 Å². The van der Waals surface area contributed by atoms with Crippen molar-refractivity contribution in [1.29, 1.82) is 0 Å². The molecule has 18 heavy (non-hydrogen) atoms. The summed E-state index contributed by atoms with van der Waals surface area (Å²) in [4.78, 5) is 0. The van der Waals surface area contributed by atoms with Crippen LogP contribution < -0.4 is 0 Å². The van der Waals surface area contributed by atoms with E-state index in [0.29, 0.717) is 5.25 Å². The third kappa shape index (κ3) is 4.04. The van der Waals surface area contributed by atoms with Gasteiger partial charge in [-0.25, -0.2) is 0 Å². The van der Waals surface area contributed by atoms with Gasteiger partial charge in [-0.1, -0.05) is 49.4 Å². The predicted octanol–water partition coefficient (Wildman–Crippen LogP) is 4.11. The highest BCUT2D eigenvalue weighted by atomic mass is 32.1. The average molecular weight is 260 g/mol. The van der Waals surface area contributed by atoms with Crippen molar-refractivity contribution in [3.8, 4) is 0 Å². The molecule has 0 saturated heterocycles. The number of ether oxygens (including phenoxy) is 1. The van der Waals surface area contributed by atoms with Gasteiger partial charge in [-0.3, -0.25) is 0 Å². The summed E-state index contributed by atoms with van der Waals surface area (Å²) in [5.41, 5.74) is 1.34. The maximum atomic E-state index is 5.61. The Hall–Kier alpha value is -0.990. The van der Waals surface area contributed by atoms with E-state index in [4.69, 9.17) is 4.74 Å². The Kier molecular flexibility index (Phi) is 5.09. The molecule has 0 fully saturated rings. The summed E-state index contributed by atoms with van der Waals surface area (Å²) in [5, 5.41) is 3.02. The van der Waals surface area contributed by atoms with E-state index in [0.717, 1.165) is 26.1 Å². The van der Waals surface area contributed by atoms with Crippen molar-refractivity contribution in [2.45, 2.75) is 25.0 Å². The molecule has 1 nitrogen and oxygen atoms in total. The molecule has 0 aliphatic carbocycles. The fourth-order valence-corrected chi connectivity index (χ4v) is 2.05. The maximum absolute atomic E-state index is 5.61. The third-order valence-corrected chi connectivity index (χ3v) is 3.29. The lowest BCUT2D eigenvalue weighted by atomic mass is 10.1. The molecule has 1 unspecified atom stereocenters. The summed E-state index contributed by atoms with van der Waals surface area (Å²) in [6, 6.07) is 15.1. The van der Waals surface area contributed by atoms with E-state index in [1.807, 2.05) is 0 Å². The molecule has 2 rings (SSSR count). The first-order chi connectivity index (χ1) is 8.75. The highest BCUT2D eigenvalue weighted by Crippen LogP contribution is 2.15. The molecule has 0 aromatic heterocycles. The van der Waals surface area contributed by atoms with Crippen LogP contribution >= 0.6 is 12.6 Å². The molecule has 0 heterocycles. The lowest BCUT2D eigenvalue weighted by Crippen LogP contribution is -2.04. The standard InChI is InChI=1S/C16H20OS/c1-13(18)8-10-17-11-9-14-6-7-15-4-2-3-5-16(15)12-14/h2-7,12-13,18H,8-11H2,1H3. The van der Waals surface area contributed by atoms with Crippen LogP contribution in [0.15, 0.2) is 42.5 Å². The van der Waals surface area contributed by atoms with Gasteiger partial charge in [0, 0.05) is 11.9 Å². The van der Waals surface area contributed by atoms with E-state index in [-0.39, 0.29) is 0 Å². The molecule has 96 valence electrons. The lowest BCUT2D eigenvalue weighted by Gasteiger charge is -2.07. The minimum atomic E-state index is 0.422. The Bertz CT molecular complexity index is 493. The normalized spacial score (nSPS) is 12.8. The van der Waals surface area contributed by atoms with Crippen molar-refractivity contribution in [1.82, 2.24) is 0 Å². The number of thiol groups is 1. The molecule has 0 radical (unpaired) electrons. The van der Waals surface area contributed by atoms with Crippen molar-refractivity contribution in [2.24, 2.45) is 0 Å². The van der Waals surface area contributed by atoms with Gasteiger partial charge in [0.15, 0.2) is 0 Å². The fraction of sp³-hybridized carbons (Fsp3) is 0.375. The second-order valence-electron chi connectivity index (χ2n) is 4.68. The van der Waals surface area contributed by atoms with E-state index in [9.17, 15) is 0 Å². The molecule has 0 bridgehead atoms. The van der Waals surface area contributed by atoms with Crippen LogP contribution in [0, 0.1) is 0 Å². The maximum Gasteiger partial charge on any atom is 0.0506 e. The zero-order valence-corrected chi connectivity index (χ0v) is 11.7. The summed E-state index contributed by atoms with van der Waals surface area (Å²) in [7, 11) is 0. The Labute approximate surface area is 115 Å². The fourth-order valence-electron chi connectivity index (χ4n) is 1.94. The van der Waals surface area contributed by atoms with Gasteiger partial charge in [-0.2, -0.15) is 12.6 Å². The Morgan fingerprint density at radius 2 is 1.83 bits per heavy atom. The first kappa shape index (κ1) is 13.4. The van der Waals surface area contributed by atoms with Crippen LogP contribution in [0.1, 0.15) is 18.9 Å². The zero-order chi connectivity index (χ0) is 12.8. The highest BCUT2D eigenvalue weighted by molar-refractivity contribution is 7.80. The molecular formula is C16H20OS. The third-order valence-electron chi connectivity index (χ3n) is 3.03. The van der Waals surface area contributed by atoms with Gasteiger partial charge in [0.05, 0.1) is 6.61 Å². The van der Waals surface area contributed by atoms with Gasteiger partial charge in [0.2, 0.25) is 0 Å². The summed E-state index contributed by atoms with van der Waals surface area (Å²) in [6.07, 6.45) is 1.99.